The average Bonchev–Trinajstić information content (AvgIpc) is 3.25. The lowest BCUT2D eigenvalue weighted by Gasteiger charge is -2.25. The Morgan fingerprint density at radius 2 is 2.08 bits per heavy atom. The fraction of sp³-hybridized carbons (Fsp3) is 0.667. The number of nitrogens with zero attached hydrogens (tertiary/aromatic N) is 3. The van der Waals surface area contributed by atoms with Crippen molar-refractivity contribution in [2.75, 3.05) is 37.7 Å². The Kier molecular flexibility index (Phi) is 5.75. The van der Waals surface area contributed by atoms with E-state index in [0.29, 0.717) is 18.3 Å². The van der Waals surface area contributed by atoms with Gasteiger partial charge in [0.25, 0.3) is 5.69 Å². The Hall–Kier alpha value is -1.86. The summed E-state index contributed by atoms with van der Waals surface area (Å²) in [5.41, 5.74) is 0.894. The van der Waals surface area contributed by atoms with Crippen LogP contribution in [0, 0.1) is 10.1 Å². The SMILES string of the molecule is CC1CCCN1CC(O)COc1cc([N+](=O)[O-])ccc1N1CCCC1. The first-order valence-corrected chi connectivity index (χ1v) is 9.13. The van der Waals surface area contributed by atoms with Crippen molar-refractivity contribution in [3.05, 3.63) is 28.3 Å². The number of benzene rings is 1. The third-order valence-electron chi connectivity index (χ3n) is 5.17. The molecule has 0 bridgehead atoms. The normalized spacial score (nSPS) is 22.3. The van der Waals surface area contributed by atoms with E-state index in [-0.39, 0.29) is 12.3 Å². The van der Waals surface area contributed by atoms with Crippen LogP contribution in [0.25, 0.3) is 0 Å². The third kappa shape index (κ3) is 4.41. The molecule has 25 heavy (non-hydrogen) atoms. The van der Waals surface area contributed by atoms with Gasteiger partial charge in [-0.3, -0.25) is 15.0 Å². The maximum Gasteiger partial charge on any atom is 0.273 e. The van der Waals surface area contributed by atoms with Gasteiger partial charge in [0.05, 0.1) is 16.7 Å². The van der Waals surface area contributed by atoms with E-state index in [1.165, 1.54) is 18.6 Å². The molecule has 2 aliphatic heterocycles. The minimum absolute atomic E-state index is 0.0144. The number of likely N-dealkylation sites (tertiary alicyclic amines) is 1. The second-order valence-electron chi connectivity index (χ2n) is 7.05. The van der Waals surface area contributed by atoms with Crippen molar-refractivity contribution in [3.8, 4) is 5.75 Å². The lowest BCUT2D eigenvalue weighted by molar-refractivity contribution is -0.384. The topological polar surface area (TPSA) is 79.1 Å². The van der Waals surface area contributed by atoms with Crippen molar-refractivity contribution in [2.24, 2.45) is 0 Å². The zero-order valence-electron chi connectivity index (χ0n) is 14.8. The molecule has 2 unspecified atom stereocenters. The van der Waals surface area contributed by atoms with E-state index in [9.17, 15) is 15.2 Å². The van der Waals surface area contributed by atoms with Gasteiger partial charge in [-0.15, -0.1) is 0 Å². The number of nitro groups is 1. The Labute approximate surface area is 148 Å². The van der Waals surface area contributed by atoms with Crippen molar-refractivity contribution >= 4 is 11.4 Å². The highest BCUT2D eigenvalue weighted by atomic mass is 16.6. The van der Waals surface area contributed by atoms with Gasteiger partial charge in [-0.25, -0.2) is 0 Å². The summed E-state index contributed by atoms with van der Waals surface area (Å²) < 4.78 is 5.82. The largest absolute Gasteiger partial charge is 0.488 e. The Balaban J connectivity index is 1.66. The van der Waals surface area contributed by atoms with Crippen LogP contribution in [0.3, 0.4) is 0 Å². The molecule has 0 amide bonds. The fourth-order valence-electron chi connectivity index (χ4n) is 3.72. The smallest absolute Gasteiger partial charge is 0.273 e. The molecular weight excluding hydrogens is 322 g/mol. The monoisotopic (exact) mass is 349 g/mol. The number of rotatable bonds is 7. The molecule has 7 heteroatoms. The van der Waals surface area contributed by atoms with Gasteiger partial charge in [0.2, 0.25) is 0 Å². The molecule has 1 N–H and O–H groups in total. The van der Waals surface area contributed by atoms with Gasteiger partial charge in [0.15, 0.2) is 0 Å². The van der Waals surface area contributed by atoms with Gasteiger partial charge >= 0.3 is 0 Å². The van der Waals surface area contributed by atoms with Crippen LogP contribution in [0.5, 0.6) is 5.75 Å². The third-order valence-corrected chi connectivity index (χ3v) is 5.17. The quantitative estimate of drug-likeness (QED) is 0.602. The highest BCUT2D eigenvalue weighted by Gasteiger charge is 2.24. The maximum atomic E-state index is 11.1. The molecule has 3 rings (SSSR count). The van der Waals surface area contributed by atoms with Crippen LogP contribution in [0.4, 0.5) is 11.4 Å². The summed E-state index contributed by atoms with van der Waals surface area (Å²) in [5, 5.41) is 21.4. The first-order chi connectivity index (χ1) is 12.0. The maximum absolute atomic E-state index is 11.1. The van der Waals surface area contributed by atoms with E-state index in [2.05, 4.69) is 16.7 Å². The van der Waals surface area contributed by atoms with Crippen molar-refractivity contribution in [1.29, 1.82) is 0 Å². The number of nitro benzene ring substituents is 1. The number of ether oxygens (including phenoxy) is 1. The molecule has 2 atom stereocenters. The van der Waals surface area contributed by atoms with E-state index in [0.717, 1.165) is 44.6 Å². The Morgan fingerprint density at radius 3 is 2.72 bits per heavy atom. The number of hydrogen-bond acceptors (Lipinski definition) is 6. The Bertz CT molecular complexity index is 604. The molecule has 138 valence electrons. The molecule has 0 saturated carbocycles. The highest BCUT2D eigenvalue weighted by molar-refractivity contribution is 5.62. The summed E-state index contributed by atoms with van der Waals surface area (Å²) in [4.78, 5) is 15.1. The van der Waals surface area contributed by atoms with Crippen LogP contribution in [0.2, 0.25) is 0 Å². The summed E-state index contributed by atoms with van der Waals surface area (Å²) in [5.74, 6) is 0.490. The molecule has 0 radical (unpaired) electrons. The van der Waals surface area contributed by atoms with Gasteiger partial charge in [0.1, 0.15) is 18.5 Å². The summed E-state index contributed by atoms with van der Waals surface area (Å²) in [7, 11) is 0. The molecule has 2 aliphatic rings. The molecular formula is C18H27N3O4. The number of hydrogen-bond donors (Lipinski definition) is 1. The molecule has 1 aromatic carbocycles. The summed E-state index contributed by atoms with van der Waals surface area (Å²) in [6.45, 7) is 5.77. The number of anilines is 1. The van der Waals surface area contributed by atoms with Crippen LogP contribution in [-0.2, 0) is 0 Å². The second-order valence-corrected chi connectivity index (χ2v) is 7.05. The van der Waals surface area contributed by atoms with Crippen LogP contribution in [0.15, 0.2) is 18.2 Å². The van der Waals surface area contributed by atoms with E-state index in [1.807, 2.05) is 0 Å². The van der Waals surface area contributed by atoms with E-state index < -0.39 is 11.0 Å². The second kappa shape index (κ2) is 8.01. The number of aliphatic hydroxyl groups excluding tert-OH is 1. The molecule has 2 fully saturated rings. The van der Waals surface area contributed by atoms with Crippen molar-refractivity contribution < 1.29 is 14.8 Å². The molecule has 0 spiro atoms. The van der Waals surface area contributed by atoms with Crippen molar-refractivity contribution in [3.63, 3.8) is 0 Å². The number of aliphatic hydroxyl groups is 1. The van der Waals surface area contributed by atoms with E-state index in [4.69, 9.17) is 4.74 Å². The average molecular weight is 349 g/mol. The highest BCUT2D eigenvalue weighted by Crippen LogP contribution is 2.34. The lowest BCUT2D eigenvalue weighted by atomic mass is 10.2. The van der Waals surface area contributed by atoms with E-state index in [1.54, 1.807) is 6.07 Å². The van der Waals surface area contributed by atoms with Crippen LogP contribution in [0.1, 0.15) is 32.6 Å². The number of non-ortho nitro benzene ring substituents is 1. The zero-order valence-corrected chi connectivity index (χ0v) is 14.8. The van der Waals surface area contributed by atoms with Crippen molar-refractivity contribution in [1.82, 2.24) is 4.90 Å². The van der Waals surface area contributed by atoms with Gasteiger partial charge < -0.3 is 14.7 Å². The van der Waals surface area contributed by atoms with Crippen LogP contribution >= 0.6 is 0 Å². The molecule has 7 nitrogen and oxygen atoms in total. The standard InChI is InChI=1S/C18H27N3O4/c1-14-5-4-10-20(14)12-16(22)13-25-18-11-15(21(23)24)6-7-17(18)19-8-2-3-9-19/h6-7,11,14,16,22H,2-5,8-10,12-13H2,1H3. The summed E-state index contributed by atoms with van der Waals surface area (Å²) >= 11 is 0. The molecule has 0 aliphatic carbocycles. The van der Waals surface area contributed by atoms with Crippen LogP contribution in [-0.4, -0.2) is 59.9 Å². The molecule has 2 saturated heterocycles. The predicted molar refractivity (Wildman–Crippen MR) is 96.3 cm³/mol. The van der Waals surface area contributed by atoms with E-state index >= 15 is 0 Å². The van der Waals surface area contributed by atoms with Crippen LogP contribution < -0.4 is 9.64 Å². The van der Waals surface area contributed by atoms with Crippen molar-refractivity contribution in [2.45, 2.75) is 44.8 Å². The van der Waals surface area contributed by atoms with Gasteiger partial charge in [-0.2, -0.15) is 0 Å². The molecule has 1 aromatic rings. The number of β-amino-alcohol motifs (C(OH)–C–C–N with tert-alkyl or cyclic N) is 1. The van der Waals surface area contributed by atoms with Gasteiger partial charge in [0, 0.05) is 31.7 Å². The Morgan fingerprint density at radius 1 is 1.32 bits per heavy atom. The minimum Gasteiger partial charge on any atom is -0.488 e. The zero-order chi connectivity index (χ0) is 17.8. The fourth-order valence-corrected chi connectivity index (χ4v) is 3.72. The minimum atomic E-state index is -0.605. The predicted octanol–water partition coefficient (Wildman–Crippen LogP) is 2.42. The summed E-state index contributed by atoms with van der Waals surface area (Å²) in [6.07, 6.45) is 3.96. The van der Waals surface area contributed by atoms with Gasteiger partial charge in [-0.05, 0) is 45.2 Å². The molecule has 2 heterocycles. The first kappa shape index (κ1) is 17.9. The lowest BCUT2D eigenvalue weighted by Crippen LogP contribution is -2.37. The van der Waals surface area contributed by atoms with Gasteiger partial charge in [-0.1, -0.05) is 0 Å². The first-order valence-electron chi connectivity index (χ1n) is 9.13. The molecule has 0 aromatic heterocycles. The summed E-state index contributed by atoms with van der Waals surface area (Å²) in [6, 6.07) is 5.24.